The maximum atomic E-state index is 13.3. The molecule has 1 saturated heterocycles. The Kier molecular flexibility index (Phi) is 17.9. The van der Waals surface area contributed by atoms with Gasteiger partial charge < -0.3 is 24.7 Å². The van der Waals surface area contributed by atoms with Crippen molar-refractivity contribution in [2.24, 2.45) is 5.92 Å². The molecule has 2 N–H and O–H groups in total. The SMILES string of the molecule is CC(C)(C)OC(=O)CN1CCCN(CC(=O)OC(C)(C)C)CCN(CC(=O)OC(C)(C)C)CC(Cc2ccc(N)cc2)CN(CC(=O)OC(C)(C)C)CC1. The van der Waals surface area contributed by atoms with Crippen LogP contribution >= 0.6 is 0 Å². The second-order valence-electron chi connectivity index (χ2n) is 18.5. The van der Waals surface area contributed by atoms with E-state index in [4.69, 9.17) is 24.7 Å². The highest BCUT2D eigenvalue weighted by molar-refractivity contribution is 5.73. The Hall–Kier alpha value is -3.26. The molecular formula is C41H71N5O8. The zero-order chi connectivity index (χ0) is 40.9. The zero-order valence-corrected chi connectivity index (χ0v) is 35.4. The number of benzene rings is 1. The van der Waals surface area contributed by atoms with Crippen LogP contribution in [-0.4, -0.2) is 144 Å². The summed E-state index contributed by atoms with van der Waals surface area (Å²) in [4.78, 5) is 61.0. The number of nitrogens with two attached hydrogens (primary N) is 1. The molecule has 2 rings (SSSR count). The number of esters is 4. The van der Waals surface area contributed by atoms with Gasteiger partial charge in [0.2, 0.25) is 0 Å². The Morgan fingerprint density at radius 3 is 1.13 bits per heavy atom. The fourth-order valence-corrected chi connectivity index (χ4v) is 6.22. The van der Waals surface area contributed by atoms with Crippen molar-refractivity contribution in [3.05, 3.63) is 29.8 Å². The summed E-state index contributed by atoms with van der Waals surface area (Å²) in [5.41, 5.74) is 5.20. The zero-order valence-electron chi connectivity index (χ0n) is 35.4. The van der Waals surface area contributed by atoms with E-state index in [2.05, 4.69) is 19.6 Å². The van der Waals surface area contributed by atoms with Gasteiger partial charge in [-0.1, -0.05) is 12.1 Å². The average Bonchev–Trinajstić information content (AvgIpc) is 2.95. The summed E-state index contributed by atoms with van der Waals surface area (Å²) in [5, 5.41) is 0. The van der Waals surface area contributed by atoms with E-state index in [-0.39, 0.29) is 56.0 Å². The van der Waals surface area contributed by atoms with E-state index in [1.807, 2.05) is 107 Å². The lowest BCUT2D eigenvalue weighted by Crippen LogP contribution is -2.48. The largest absolute Gasteiger partial charge is 0.459 e. The summed E-state index contributed by atoms with van der Waals surface area (Å²) in [5.74, 6) is -1.37. The van der Waals surface area contributed by atoms with Crippen molar-refractivity contribution in [1.29, 1.82) is 0 Å². The van der Waals surface area contributed by atoms with Crippen LogP contribution in [0.25, 0.3) is 0 Å². The molecule has 13 nitrogen and oxygen atoms in total. The van der Waals surface area contributed by atoms with Crippen molar-refractivity contribution < 1.29 is 38.1 Å². The monoisotopic (exact) mass is 762 g/mol. The minimum Gasteiger partial charge on any atom is -0.459 e. The molecule has 1 fully saturated rings. The van der Waals surface area contributed by atoms with E-state index in [1.165, 1.54) is 0 Å². The number of hydrogen-bond donors (Lipinski definition) is 1. The fourth-order valence-electron chi connectivity index (χ4n) is 6.22. The third-order valence-electron chi connectivity index (χ3n) is 8.04. The Labute approximate surface area is 325 Å². The normalized spacial score (nSPS) is 17.7. The molecule has 54 heavy (non-hydrogen) atoms. The molecule has 0 atom stereocenters. The van der Waals surface area contributed by atoms with Crippen molar-refractivity contribution in [3.63, 3.8) is 0 Å². The van der Waals surface area contributed by atoms with Crippen LogP contribution in [0.2, 0.25) is 0 Å². The van der Waals surface area contributed by atoms with Gasteiger partial charge in [-0.05, 0) is 120 Å². The van der Waals surface area contributed by atoms with Crippen LogP contribution in [-0.2, 0) is 44.5 Å². The van der Waals surface area contributed by atoms with Gasteiger partial charge in [-0.25, -0.2) is 0 Å². The van der Waals surface area contributed by atoms with Gasteiger partial charge in [-0.2, -0.15) is 0 Å². The van der Waals surface area contributed by atoms with E-state index in [0.717, 1.165) is 5.56 Å². The van der Waals surface area contributed by atoms with Crippen LogP contribution in [0.4, 0.5) is 5.69 Å². The molecule has 1 aliphatic heterocycles. The van der Waals surface area contributed by atoms with Crippen molar-refractivity contribution in [2.45, 2.75) is 118 Å². The summed E-state index contributed by atoms with van der Waals surface area (Å²) >= 11 is 0. The fraction of sp³-hybridized carbons (Fsp3) is 0.756. The first-order valence-corrected chi connectivity index (χ1v) is 19.3. The lowest BCUT2D eigenvalue weighted by atomic mass is 9.97. The summed E-state index contributed by atoms with van der Waals surface area (Å²) in [6.07, 6.45) is 1.31. The van der Waals surface area contributed by atoms with Gasteiger partial charge in [0.05, 0.1) is 26.2 Å². The molecule has 1 aromatic rings. The van der Waals surface area contributed by atoms with Gasteiger partial charge in [0.15, 0.2) is 0 Å². The first-order valence-electron chi connectivity index (χ1n) is 19.3. The topological polar surface area (TPSA) is 144 Å². The molecule has 1 aromatic carbocycles. The summed E-state index contributed by atoms with van der Waals surface area (Å²) < 4.78 is 22.9. The lowest BCUT2D eigenvalue weighted by molar-refractivity contribution is -0.159. The van der Waals surface area contributed by atoms with Crippen molar-refractivity contribution in [3.8, 4) is 0 Å². The summed E-state index contributed by atoms with van der Waals surface area (Å²) in [6, 6.07) is 7.75. The predicted molar refractivity (Wildman–Crippen MR) is 212 cm³/mol. The van der Waals surface area contributed by atoms with Crippen LogP contribution < -0.4 is 5.73 Å². The molecule has 0 unspecified atom stereocenters. The van der Waals surface area contributed by atoms with E-state index in [9.17, 15) is 19.2 Å². The second-order valence-corrected chi connectivity index (χ2v) is 18.5. The number of rotatable bonds is 10. The molecule has 0 radical (unpaired) electrons. The Morgan fingerprint density at radius 1 is 0.519 bits per heavy atom. The van der Waals surface area contributed by atoms with Crippen LogP contribution in [0, 0.1) is 5.92 Å². The number of nitrogen functional groups attached to an aromatic ring is 1. The lowest BCUT2D eigenvalue weighted by Gasteiger charge is -2.35. The minimum atomic E-state index is -0.652. The molecule has 0 amide bonds. The predicted octanol–water partition coefficient (Wildman–Crippen LogP) is 4.41. The van der Waals surface area contributed by atoms with Crippen LogP contribution in [0.3, 0.4) is 0 Å². The van der Waals surface area contributed by atoms with Crippen molar-refractivity contribution >= 4 is 29.6 Å². The number of ether oxygens (including phenoxy) is 4. The maximum absolute atomic E-state index is 13.3. The first kappa shape index (κ1) is 46.9. The quantitative estimate of drug-likeness (QED) is 0.205. The molecule has 0 aromatic heterocycles. The molecule has 0 spiro atoms. The molecule has 0 bridgehead atoms. The van der Waals surface area contributed by atoms with Crippen molar-refractivity contribution in [2.75, 3.05) is 84.3 Å². The highest BCUT2D eigenvalue weighted by atomic mass is 16.6. The van der Waals surface area contributed by atoms with Gasteiger partial charge in [-0.3, -0.25) is 38.8 Å². The van der Waals surface area contributed by atoms with Crippen LogP contribution in [0.5, 0.6) is 0 Å². The molecule has 0 saturated carbocycles. The van der Waals surface area contributed by atoms with Gasteiger partial charge in [-0.15, -0.1) is 0 Å². The Bertz CT molecular complexity index is 1260. The van der Waals surface area contributed by atoms with Crippen LogP contribution in [0.1, 0.15) is 95.1 Å². The Balaban J connectivity index is 2.55. The second kappa shape index (κ2) is 20.6. The molecule has 308 valence electrons. The van der Waals surface area contributed by atoms with Gasteiger partial charge in [0.25, 0.3) is 0 Å². The van der Waals surface area contributed by atoms with E-state index >= 15 is 0 Å². The number of hydrogen-bond acceptors (Lipinski definition) is 13. The van der Waals surface area contributed by atoms with E-state index < -0.39 is 22.4 Å². The molecule has 0 aliphatic carbocycles. The highest BCUT2D eigenvalue weighted by Crippen LogP contribution is 2.18. The highest BCUT2D eigenvalue weighted by Gasteiger charge is 2.28. The van der Waals surface area contributed by atoms with Gasteiger partial charge in [0.1, 0.15) is 22.4 Å². The number of nitrogens with zero attached hydrogens (tertiary/aromatic N) is 4. The molecule has 1 heterocycles. The minimum absolute atomic E-state index is 0.0416. The standard InChI is InChI=1S/C41H71N5O8/c1-38(2,3)51-34(47)27-43-18-13-19-44(28-35(48)52-39(4,5)6)21-23-46(30-37(50)54-41(10,11)12)26-32(24-31-14-16-33(42)17-15-31)25-45(22-20-43)29-36(49)53-40(7,8)9/h14-17,32H,13,18-30,42H2,1-12H3. The maximum Gasteiger partial charge on any atom is 0.320 e. The Morgan fingerprint density at radius 2 is 0.815 bits per heavy atom. The molecule has 1 aliphatic rings. The molecular weight excluding hydrogens is 690 g/mol. The first-order chi connectivity index (χ1) is 24.7. The average molecular weight is 762 g/mol. The summed E-state index contributed by atoms with van der Waals surface area (Å²) in [6.45, 7) is 26.5. The number of anilines is 1. The van der Waals surface area contributed by atoms with E-state index in [1.54, 1.807) is 0 Å². The van der Waals surface area contributed by atoms with Gasteiger partial charge in [0, 0.05) is 58.0 Å². The van der Waals surface area contributed by atoms with Gasteiger partial charge >= 0.3 is 23.9 Å². The smallest absolute Gasteiger partial charge is 0.320 e. The number of carbonyl (C=O) groups is 4. The summed E-state index contributed by atoms with van der Waals surface area (Å²) in [7, 11) is 0. The molecule has 13 heteroatoms. The number of carbonyl (C=O) groups excluding carboxylic acids is 4. The third-order valence-corrected chi connectivity index (χ3v) is 8.04. The van der Waals surface area contributed by atoms with Crippen LogP contribution in [0.15, 0.2) is 24.3 Å². The van der Waals surface area contributed by atoms with Crippen molar-refractivity contribution in [1.82, 2.24) is 19.6 Å². The van der Waals surface area contributed by atoms with E-state index in [0.29, 0.717) is 70.9 Å². The third kappa shape index (κ3) is 22.2.